The van der Waals surface area contributed by atoms with E-state index in [9.17, 15) is 9.59 Å². The molecular formula is C22H26N4O3. The van der Waals surface area contributed by atoms with E-state index in [0.29, 0.717) is 23.8 Å². The number of aryl methyl sites for hydroxylation is 1. The van der Waals surface area contributed by atoms with Crippen LogP contribution in [-0.2, 0) is 9.53 Å². The van der Waals surface area contributed by atoms with Crippen LogP contribution in [0.25, 0.3) is 0 Å². The number of para-hydroxylation sites is 1. The standard InChI is InChI=1S/C22H26N4O3/c1-15-10-11-17(13-20(15)24-16(2)27)21(28)26-22(23-14-19-9-6-12-29-19)25-18-7-4-3-5-8-18/h3-5,7-8,10-11,13,19H,6,9,12,14H2,1-2H3,(H,24,27)(H2,23,25,26,28). The minimum Gasteiger partial charge on any atom is -0.376 e. The Morgan fingerprint density at radius 3 is 2.62 bits per heavy atom. The van der Waals surface area contributed by atoms with Gasteiger partial charge in [-0.3, -0.25) is 14.9 Å². The maximum Gasteiger partial charge on any atom is 0.258 e. The number of nitrogens with zero attached hydrogens (tertiary/aromatic N) is 1. The van der Waals surface area contributed by atoms with Crippen LogP contribution in [0.2, 0.25) is 0 Å². The molecule has 0 bridgehead atoms. The van der Waals surface area contributed by atoms with Crippen molar-refractivity contribution in [2.75, 3.05) is 23.8 Å². The summed E-state index contributed by atoms with van der Waals surface area (Å²) in [4.78, 5) is 28.7. The molecule has 152 valence electrons. The summed E-state index contributed by atoms with van der Waals surface area (Å²) in [7, 11) is 0. The van der Waals surface area contributed by atoms with Gasteiger partial charge in [0.1, 0.15) is 0 Å². The Kier molecular flexibility index (Phi) is 6.97. The van der Waals surface area contributed by atoms with E-state index in [1.165, 1.54) is 6.92 Å². The molecule has 1 atom stereocenters. The zero-order chi connectivity index (χ0) is 20.6. The van der Waals surface area contributed by atoms with Crippen LogP contribution in [0, 0.1) is 6.92 Å². The molecule has 0 aliphatic carbocycles. The zero-order valence-corrected chi connectivity index (χ0v) is 16.7. The monoisotopic (exact) mass is 394 g/mol. The molecule has 1 aliphatic heterocycles. The molecule has 1 fully saturated rings. The Labute approximate surface area is 170 Å². The first-order valence-corrected chi connectivity index (χ1v) is 9.69. The number of ether oxygens (including phenoxy) is 1. The maximum absolute atomic E-state index is 12.8. The third-order valence-electron chi connectivity index (χ3n) is 4.56. The predicted molar refractivity (Wildman–Crippen MR) is 114 cm³/mol. The van der Waals surface area contributed by atoms with Crippen LogP contribution in [0.1, 0.15) is 35.7 Å². The van der Waals surface area contributed by atoms with Crippen molar-refractivity contribution in [3.8, 4) is 0 Å². The van der Waals surface area contributed by atoms with Crippen LogP contribution >= 0.6 is 0 Å². The van der Waals surface area contributed by atoms with Crippen molar-refractivity contribution in [3.63, 3.8) is 0 Å². The molecule has 0 radical (unpaired) electrons. The molecule has 1 unspecified atom stereocenters. The number of benzene rings is 2. The number of carbonyl (C=O) groups excluding carboxylic acids is 2. The van der Waals surface area contributed by atoms with Gasteiger partial charge < -0.3 is 15.4 Å². The first-order chi connectivity index (χ1) is 14.0. The Hall–Kier alpha value is -3.19. The maximum atomic E-state index is 12.8. The lowest BCUT2D eigenvalue weighted by Gasteiger charge is -2.14. The van der Waals surface area contributed by atoms with Gasteiger partial charge >= 0.3 is 0 Å². The van der Waals surface area contributed by atoms with Gasteiger partial charge in [-0.2, -0.15) is 0 Å². The first-order valence-electron chi connectivity index (χ1n) is 9.69. The average Bonchev–Trinajstić information content (AvgIpc) is 3.22. The summed E-state index contributed by atoms with van der Waals surface area (Å²) in [6.45, 7) is 4.54. The molecule has 1 heterocycles. The highest BCUT2D eigenvalue weighted by atomic mass is 16.5. The highest BCUT2D eigenvalue weighted by Crippen LogP contribution is 2.17. The molecule has 7 heteroatoms. The summed E-state index contributed by atoms with van der Waals surface area (Å²) in [6, 6.07) is 14.7. The van der Waals surface area contributed by atoms with Gasteiger partial charge in [0.25, 0.3) is 5.91 Å². The summed E-state index contributed by atoms with van der Waals surface area (Å²) < 4.78 is 5.62. The number of amides is 2. The predicted octanol–water partition coefficient (Wildman–Crippen LogP) is 3.33. The van der Waals surface area contributed by atoms with E-state index in [1.54, 1.807) is 18.2 Å². The van der Waals surface area contributed by atoms with E-state index >= 15 is 0 Å². The number of guanidine groups is 1. The lowest BCUT2D eigenvalue weighted by atomic mass is 10.1. The van der Waals surface area contributed by atoms with Gasteiger partial charge in [-0.25, -0.2) is 4.99 Å². The molecule has 0 aromatic heterocycles. The smallest absolute Gasteiger partial charge is 0.258 e. The van der Waals surface area contributed by atoms with Gasteiger partial charge in [0, 0.05) is 30.5 Å². The normalized spacial score (nSPS) is 16.3. The third-order valence-corrected chi connectivity index (χ3v) is 4.56. The van der Waals surface area contributed by atoms with Crippen molar-refractivity contribution in [1.29, 1.82) is 0 Å². The third kappa shape index (κ3) is 6.15. The lowest BCUT2D eigenvalue weighted by molar-refractivity contribution is -0.114. The summed E-state index contributed by atoms with van der Waals surface area (Å²) in [5.41, 5.74) is 2.74. The fourth-order valence-electron chi connectivity index (χ4n) is 3.02. The van der Waals surface area contributed by atoms with Crippen molar-refractivity contribution in [2.24, 2.45) is 4.99 Å². The minimum atomic E-state index is -0.314. The van der Waals surface area contributed by atoms with Crippen molar-refractivity contribution in [3.05, 3.63) is 59.7 Å². The van der Waals surface area contributed by atoms with E-state index < -0.39 is 0 Å². The first kappa shape index (κ1) is 20.5. The SMILES string of the molecule is CC(=O)Nc1cc(C(=O)NC(=NCC2CCCO2)Nc2ccccc2)ccc1C. The van der Waals surface area contributed by atoms with E-state index in [-0.39, 0.29) is 17.9 Å². The average molecular weight is 394 g/mol. The summed E-state index contributed by atoms with van der Waals surface area (Å²) in [5.74, 6) is -0.139. The number of rotatable bonds is 5. The van der Waals surface area contributed by atoms with E-state index in [4.69, 9.17) is 4.74 Å². The second-order valence-corrected chi connectivity index (χ2v) is 6.98. The summed E-state index contributed by atoms with van der Waals surface area (Å²) in [6.07, 6.45) is 2.07. The highest BCUT2D eigenvalue weighted by Gasteiger charge is 2.16. The van der Waals surface area contributed by atoms with Crippen LogP contribution < -0.4 is 16.0 Å². The van der Waals surface area contributed by atoms with Crippen LogP contribution in [0.3, 0.4) is 0 Å². The molecule has 2 amide bonds. The molecule has 1 aliphatic rings. The fraction of sp³-hybridized carbons (Fsp3) is 0.318. The Morgan fingerprint density at radius 2 is 1.93 bits per heavy atom. The highest BCUT2D eigenvalue weighted by molar-refractivity contribution is 6.10. The number of carbonyl (C=O) groups is 2. The quantitative estimate of drug-likeness (QED) is 0.536. The molecule has 1 saturated heterocycles. The summed E-state index contributed by atoms with van der Waals surface area (Å²) in [5, 5.41) is 8.73. The van der Waals surface area contributed by atoms with Gasteiger partial charge in [-0.1, -0.05) is 24.3 Å². The van der Waals surface area contributed by atoms with Crippen molar-refractivity contribution in [1.82, 2.24) is 5.32 Å². The molecular weight excluding hydrogens is 368 g/mol. The number of nitrogens with one attached hydrogen (secondary N) is 3. The molecule has 2 aromatic rings. The largest absolute Gasteiger partial charge is 0.376 e. The number of hydrogen-bond donors (Lipinski definition) is 3. The topological polar surface area (TPSA) is 91.8 Å². The Bertz CT molecular complexity index is 890. The molecule has 3 N–H and O–H groups in total. The molecule has 3 rings (SSSR count). The van der Waals surface area contributed by atoms with Gasteiger partial charge in [-0.05, 0) is 49.6 Å². The number of aliphatic imine (C=N–C) groups is 1. The fourth-order valence-corrected chi connectivity index (χ4v) is 3.02. The lowest BCUT2D eigenvalue weighted by Crippen LogP contribution is -2.36. The number of anilines is 2. The summed E-state index contributed by atoms with van der Waals surface area (Å²) >= 11 is 0. The van der Waals surface area contributed by atoms with Crippen LogP contribution in [0.4, 0.5) is 11.4 Å². The van der Waals surface area contributed by atoms with E-state index in [1.807, 2.05) is 37.3 Å². The zero-order valence-electron chi connectivity index (χ0n) is 16.7. The van der Waals surface area contributed by atoms with Crippen molar-refractivity contribution >= 4 is 29.1 Å². The Morgan fingerprint density at radius 1 is 1.14 bits per heavy atom. The van der Waals surface area contributed by atoms with Crippen molar-refractivity contribution in [2.45, 2.75) is 32.8 Å². The van der Waals surface area contributed by atoms with Gasteiger partial charge in [0.2, 0.25) is 11.9 Å². The van der Waals surface area contributed by atoms with Crippen molar-refractivity contribution < 1.29 is 14.3 Å². The Balaban J connectivity index is 1.76. The van der Waals surface area contributed by atoms with Crippen LogP contribution in [0.15, 0.2) is 53.5 Å². The molecule has 2 aromatic carbocycles. The second kappa shape index (κ2) is 9.84. The molecule has 0 saturated carbocycles. The van der Waals surface area contributed by atoms with Gasteiger partial charge in [0.15, 0.2) is 0 Å². The van der Waals surface area contributed by atoms with Crippen LogP contribution in [0.5, 0.6) is 0 Å². The van der Waals surface area contributed by atoms with E-state index in [0.717, 1.165) is 30.7 Å². The van der Waals surface area contributed by atoms with Crippen LogP contribution in [-0.4, -0.2) is 37.0 Å². The van der Waals surface area contributed by atoms with Gasteiger partial charge in [0.05, 0.1) is 12.6 Å². The molecule has 7 nitrogen and oxygen atoms in total. The molecule has 0 spiro atoms. The molecule has 29 heavy (non-hydrogen) atoms. The second-order valence-electron chi connectivity index (χ2n) is 6.98. The number of hydrogen-bond acceptors (Lipinski definition) is 4. The van der Waals surface area contributed by atoms with Gasteiger partial charge in [-0.15, -0.1) is 0 Å². The minimum absolute atomic E-state index is 0.0743. The van der Waals surface area contributed by atoms with E-state index in [2.05, 4.69) is 20.9 Å².